The Kier molecular flexibility index (Phi) is 4.98. The molecule has 0 radical (unpaired) electrons. The number of hydrogen-bond acceptors (Lipinski definition) is 4. The van der Waals surface area contributed by atoms with Gasteiger partial charge in [0.25, 0.3) is 11.5 Å². The van der Waals surface area contributed by atoms with Gasteiger partial charge in [-0.25, -0.2) is 9.37 Å². The summed E-state index contributed by atoms with van der Waals surface area (Å²) >= 11 is 1.37. The number of amides is 1. The molecule has 4 aromatic rings. The predicted octanol–water partition coefficient (Wildman–Crippen LogP) is 4.29. The monoisotopic (exact) mass is 407 g/mol. The van der Waals surface area contributed by atoms with Gasteiger partial charge in [0.15, 0.2) is 5.13 Å². The maximum atomic E-state index is 13.1. The van der Waals surface area contributed by atoms with Gasteiger partial charge in [-0.2, -0.15) is 0 Å². The Bertz CT molecular complexity index is 1280. The average molecular weight is 407 g/mol. The molecule has 0 saturated heterocycles. The van der Waals surface area contributed by atoms with Gasteiger partial charge >= 0.3 is 0 Å². The molecule has 146 valence electrons. The van der Waals surface area contributed by atoms with E-state index in [1.165, 1.54) is 34.1 Å². The minimum absolute atomic E-state index is 0.249. The number of hydrogen-bond donors (Lipinski definition) is 1. The summed E-state index contributed by atoms with van der Waals surface area (Å²) in [4.78, 5) is 30.5. The number of carbonyl (C=O) groups is 1. The lowest BCUT2D eigenvalue weighted by atomic mass is 10.1. The Hall–Kier alpha value is -3.32. The fourth-order valence-electron chi connectivity index (χ4n) is 3.20. The first-order valence-electron chi connectivity index (χ1n) is 9.03. The van der Waals surface area contributed by atoms with E-state index in [-0.39, 0.29) is 17.3 Å². The third kappa shape index (κ3) is 3.82. The molecule has 7 heteroatoms. The quantitative estimate of drug-likeness (QED) is 0.549. The van der Waals surface area contributed by atoms with Crippen molar-refractivity contribution in [3.05, 3.63) is 92.5 Å². The number of aryl methyl sites for hydroxylation is 2. The summed E-state index contributed by atoms with van der Waals surface area (Å²) < 4.78 is 14.6. The summed E-state index contributed by atoms with van der Waals surface area (Å²) in [6.45, 7) is 1.87. The first-order valence-corrected chi connectivity index (χ1v) is 9.85. The molecule has 0 aliphatic rings. The highest BCUT2D eigenvalue weighted by atomic mass is 32.1. The van der Waals surface area contributed by atoms with Crippen molar-refractivity contribution < 1.29 is 9.18 Å². The minimum Gasteiger partial charge on any atom is -0.311 e. The van der Waals surface area contributed by atoms with Crippen molar-refractivity contribution in [1.29, 1.82) is 0 Å². The molecule has 0 aliphatic carbocycles. The van der Waals surface area contributed by atoms with Crippen molar-refractivity contribution >= 4 is 33.3 Å². The number of nitrogens with one attached hydrogen (secondary N) is 1. The van der Waals surface area contributed by atoms with Crippen LogP contribution in [-0.4, -0.2) is 15.5 Å². The van der Waals surface area contributed by atoms with Gasteiger partial charge in [-0.3, -0.25) is 14.9 Å². The molecule has 0 fully saturated rings. The fraction of sp³-hybridized carbons (Fsp3) is 0.136. The summed E-state index contributed by atoms with van der Waals surface area (Å²) in [5, 5.41) is 3.98. The van der Waals surface area contributed by atoms with Gasteiger partial charge in [-0.1, -0.05) is 30.3 Å². The number of benzene rings is 2. The van der Waals surface area contributed by atoms with E-state index in [0.29, 0.717) is 28.0 Å². The summed E-state index contributed by atoms with van der Waals surface area (Å²) in [7, 11) is 1.68. The number of carbonyl (C=O) groups excluding carboxylic acids is 1. The van der Waals surface area contributed by atoms with E-state index in [0.717, 1.165) is 16.1 Å². The molecule has 2 aromatic carbocycles. The Morgan fingerprint density at radius 1 is 1.17 bits per heavy atom. The van der Waals surface area contributed by atoms with Gasteiger partial charge in [0, 0.05) is 29.8 Å². The standard InChI is InChI=1S/C22H18FN3O2S/c1-13-19(11-14-7-9-15(23)10-8-14)29-22(24-13)25-21(28)17-12-20(27)26(2)18-6-4-3-5-16(17)18/h3-10,12H,11H2,1-2H3,(H,24,25,28). The summed E-state index contributed by atoms with van der Waals surface area (Å²) in [6, 6.07) is 14.9. The van der Waals surface area contributed by atoms with Gasteiger partial charge in [-0.15, -0.1) is 11.3 Å². The molecular weight excluding hydrogens is 389 g/mol. The topological polar surface area (TPSA) is 64.0 Å². The maximum absolute atomic E-state index is 13.1. The van der Waals surface area contributed by atoms with Gasteiger partial charge < -0.3 is 4.57 Å². The molecule has 1 N–H and O–H groups in total. The molecule has 0 bridgehead atoms. The highest BCUT2D eigenvalue weighted by Gasteiger charge is 2.16. The van der Waals surface area contributed by atoms with E-state index >= 15 is 0 Å². The molecule has 5 nitrogen and oxygen atoms in total. The van der Waals surface area contributed by atoms with E-state index in [4.69, 9.17) is 0 Å². The number of anilines is 1. The lowest BCUT2D eigenvalue weighted by Crippen LogP contribution is -2.21. The molecule has 4 rings (SSSR count). The smallest absolute Gasteiger partial charge is 0.258 e. The molecule has 0 unspecified atom stereocenters. The van der Waals surface area contributed by atoms with Crippen molar-refractivity contribution in [2.24, 2.45) is 7.05 Å². The zero-order valence-electron chi connectivity index (χ0n) is 15.9. The second-order valence-electron chi connectivity index (χ2n) is 6.76. The molecule has 29 heavy (non-hydrogen) atoms. The second-order valence-corrected chi connectivity index (χ2v) is 7.84. The first kappa shape index (κ1) is 19.0. The average Bonchev–Trinajstić information content (AvgIpc) is 3.05. The minimum atomic E-state index is -0.374. The van der Waals surface area contributed by atoms with E-state index in [1.54, 1.807) is 19.2 Å². The highest BCUT2D eigenvalue weighted by molar-refractivity contribution is 7.15. The van der Waals surface area contributed by atoms with E-state index < -0.39 is 0 Å². The lowest BCUT2D eigenvalue weighted by Gasteiger charge is -2.09. The molecule has 0 spiro atoms. The lowest BCUT2D eigenvalue weighted by molar-refractivity contribution is 0.102. The molecule has 2 heterocycles. The highest BCUT2D eigenvalue weighted by Crippen LogP contribution is 2.26. The van der Waals surface area contributed by atoms with Crippen molar-refractivity contribution in [3.8, 4) is 0 Å². The summed E-state index contributed by atoms with van der Waals surface area (Å²) in [6.07, 6.45) is 0.606. The van der Waals surface area contributed by atoms with Crippen LogP contribution in [0.4, 0.5) is 9.52 Å². The normalized spacial score (nSPS) is 11.0. The van der Waals surface area contributed by atoms with Crippen LogP contribution in [0, 0.1) is 12.7 Å². The third-order valence-electron chi connectivity index (χ3n) is 4.79. The summed E-state index contributed by atoms with van der Waals surface area (Å²) in [5.74, 6) is -0.648. The van der Waals surface area contributed by atoms with Crippen LogP contribution in [0.2, 0.25) is 0 Å². The van der Waals surface area contributed by atoms with Crippen LogP contribution in [0.5, 0.6) is 0 Å². The molecule has 0 aliphatic heterocycles. The zero-order valence-corrected chi connectivity index (χ0v) is 16.7. The van der Waals surface area contributed by atoms with Crippen LogP contribution in [0.1, 0.15) is 26.5 Å². The van der Waals surface area contributed by atoms with Gasteiger partial charge in [0.2, 0.25) is 0 Å². The van der Waals surface area contributed by atoms with Gasteiger partial charge in [0.1, 0.15) is 5.82 Å². The van der Waals surface area contributed by atoms with E-state index in [9.17, 15) is 14.0 Å². The Labute approximate surface area is 170 Å². The van der Waals surface area contributed by atoms with Gasteiger partial charge in [0.05, 0.1) is 16.8 Å². The Balaban J connectivity index is 1.61. The van der Waals surface area contributed by atoms with E-state index in [2.05, 4.69) is 10.3 Å². The fourth-order valence-corrected chi connectivity index (χ4v) is 4.19. The van der Waals surface area contributed by atoms with E-state index in [1.807, 2.05) is 31.2 Å². The first-order chi connectivity index (χ1) is 13.9. The van der Waals surface area contributed by atoms with Crippen LogP contribution in [-0.2, 0) is 13.5 Å². The van der Waals surface area contributed by atoms with Crippen LogP contribution in [0.3, 0.4) is 0 Å². The number of para-hydroxylation sites is 1. The number of fused-ring (bicyclic) bond motifs is 1. The third-order valence-corrected chi connectivity index (χ3v) is 5.86. The number of aromatic nitrogens is 2. The predicted molar refractivity (Wildman–Crippen MR) is 113 cm³/mol. The van der Waals surface area contributed by atoms with Crippen molar-refractivity contribution in [2.75, 3.05) is 5.32 Å². The van der Waals surface area contributed by atoms with Crippen molar-refractivity contribution in [3.63, 3.8) is 0 Å². The molecule has 1 amide bonds. The molecular formula is C22H18FN3O2S. The molecule has 2 aromatic heterocycles. The van der Waals surface area contributed by atoms with Crippen molar-refractivity contribution in [2.45, 2.75) is 13.3 Å². The summed E-state index contributed by atoms with van der Waals surface area (Å²) in [5.41, 5.74) is 2.53. The largest absolute Gasteiger partial charge is 0.311 e. The number of halogens is 1. The Morgan fingerprint density at radius 2 is 1.90 bits per heavy atom. The van der Waals surface area contributed by atoms with Crippen LogP contribution >= 0.6 is 11.3 Å². The number of thiazole rings is 1. The number of pyridine rings is 1. The van der Waals surface area contributed by atoms with Gasteiger partial charge in [-0.05, 0) is 30.7 Å². The molecule has 0 atom stereocenters. The van der Waals surface area contributed by atoms with Crippen LogP contribution in [0.15, 0.2) is 59.4 Å². The van der Waals surface area contributed by atoms with Crippen LogP contribution in [0.25, 0.3) is 10.9 Å². The second kappa shape index (κ2) is 7.60. The van der Waals surface area contributed by atoms with Crippen molar-refractivity contribution in [1.82, 2.24) is 9.55 Å². The number of rotatable bonds is 4. The maximum Gasteiger partial charge on any atom is 0.258 e. The molecule has 0 saturated carbocycles. The Morgan fingerprint density at radius 3 is 2.66 bits per heavy atom. The van der Waals surface area contributed by atoms with Crippen LogP contribution < -0.4 is 10.9 Å². The number of nitrogens with zero attached hydrogens (tertiary/aromatic N) is 2. The SMILES string of the molecule is Cc1nc(NC(=O)c2cc(=O)n(C)c3ccccc23)sc1Cc1ccc(F)cc1. The zero-order chi connectivity index (χ0) is 20.5.